The molecule has 0 aromatic heterocycles. The molecule has 1 N–H and O–H groups in total. The van der Waals surface area contributed by atoms with Crippen molar-refractivity contribution in [1.29, 1.82) is 5.41 Å². The monoisotopic (exact) mass is 118 g/mol. The molecular weight excluding hydrogens is 112 g/mol. The van der Waals surface area contributed by atoms with Gasteiger partial charge in [-0.15, -0.1) is 0 Å². The first-order chi connectivity index (χ1) is 3.66. The first kappa shape index (κ1) is 6.87. The van der Waals surface area contributed by atoms with E-state index < -0.39 is 11.5 Å². The molecule has 0 aromatic carbocycles. The first-order valence-electron chi connectivity index (χ1n) is 1.90. The summed E-state index contributed by atoms with van der Waals surface area (Å²) in [6, 6.07) is 0. The molecule has 0 radical (unpaired) electrons. The Balaban J connectivity index is 3.40. The number of rotatable bonds is 2. The maximum atomic E-state index is 9.55. The summed E-state index contributed by atoms with van der Waals surface area (Å²) in [7, 11) is 1.23. The van der Waals surface area contributed by atoms with Crippen molar-refractivity contribution >= 4 is 5.90 Å². The molecule has 0 aliphatic carbocycles. The number of nitro groups is 1. The van der Waals surface area contributed by atoms with Crippen molar-refractivity contribution in [3.05, 3.63) is 10.1 Å². The number of hydrogen-bond acceptors (Lipinski definition) is 4. The zero-order valence-electron chi connectivity index (χ0n) is 4.38. The third-order valence-electron chi connectivity index (χ3n) is 0.519. The van der Waals surface area contributed by atoms with Crippen molar-refractivity contribution in [3.8, 4) is 0 Å². The minimum absolute atomic E-state index is 0.324. The van der Waals surface area contributed by atoms with E-state index in [-0.39, 0.29) is 5.90 Å². The van der Waals surface area contributed by atoms with Gasteiger partial charge in [-0.05, 0) is 0 Å². The van der Waals surface area contributed by atoms with Gasteiger partial charge in [0.05, 0.1) is 7.11 Å². The Kier molecular flexibility index (Phi) is 2.53. The number of nitrogens with one attached hydrogen (secondary N) is 1. The second-order valence-corrected chi connectivity index (χ2v) is 1.12. The van der Waals surface area contributed by atoms with Gasteiger partial charge in [0.15, 0.2) is 0 Å². The van der Waals surface area contributed by atoms with Crippen LogP contribution in [0.2, 0.25) is 0 Å². The van der Waals surface area contributed by atoms with Crippen molar-refractivity contribution in [2.75, 3.05) is 13.7 Å². The summed E-state index contributed by atoms with van der Waals surface area (Å²) in [5, 5.41) is 16.2. The molecule has 0 heterocycles. The lowest BCUT2D eigenvalue weighted by Gasteiger charge is -1.92. The van der Waals surface area contributed by atoms with E-state index in [0.29, 0.717) is 0 Å². The Bertz CT molecular complexity index is 111. The molecule has 0 bridgehead atoms. The molecule has 0 aliphatic heterocycles. The Morgan fingerprint density at radius 2 is 2.50 bits per heavy atom. The fourth-order valence-corrected chi connectivity index (χ4v) is 0.182. The van der Waals surface area contributed by atoms with Crippen LogP contribution in [0.25, 0.3) is 0 Å². The second kappa shape index (κ2) is 2.95. The van der Waals surface area contributed by atoms with Crippen LogP contribution < -0.4 is 0 Å². The maximum absolute atomic E-state index is 9.55. The lowest BCUT2D eigenvalue weighted by Crippen LogP contribution is -2.13. The molecule has 5 nitrogen and oxygen atoms in total. The van der Waals surface area contributed by atoms with Gasteiger partial charge in [-0.25, -0.2) is 0 Å². The van der Waals surface area contributed by atoms with Crippen molar-refractivity contribution in [3.63, 3.8) is 0 Å². The van der Waals surface area contributed by atoms with Crippen LogP contribution in [0.1, 0.15) is 0 Å². The largest absolute Gasteiger partial charge is 0.480 e. The third-order valence-corrected chi connectivity index (χ3v) is 0.519. The van der Waals surface area contributed by atoms with Crippen LogP contribution in [-0.4, -0.2) is 24.5 Å². The fraction of sp³-hybridized carbons (Fsp3) is 0.667. The summed E-state index contributed by atoms with van der Waals surface area (Å²) in [5.74, 6) is -0.324. The highest BCUT2D eigenvalue weighted by molar-refractivity contribution is 5.73. The SMILES string of the molecule is COC(=N)C[N+](=O)[O-]. The van der Waals surface area contributed by atoms with Gasteiger partial charge in [-0.1, -0.05) is 0 Å². The average molecular weight is 118 g/mol. The quantitative estimate of drug-likeness (QED) is 0.238. The van der Waals surface area contributed by atoms with Gasteiger partial charge in [-0.2, -0.15) is 0 Å². The van der Waals surface area contributed by atoms with Gasteiger partial charge in [-0.3, -0.25) is 15.5 Å². The van der Waals surface area contributed by atoms with Gasteiger partial charge in [0.25, 0.3) is 12.4 Å². The molecule has 0 unspecified atom stereocenters. The highest BCUT2D eigenvalue weighted by Crippen LogP contribution is 1.73. The summed E-state index contributed by atoms with van der Waals surface area (Å²) in [4.78, 5) is 8.93. The van der Waals surface area contributed by atoms with E-state index in [9.17, 15) is 10.1 Å². The van der Waals surface area contributed by atoms with Crippen LogP contribution >= 0.6 is 0 Å². The molecular formula is C3H6N2O3. The molecule has 0 rings (SSSR count). The Hall–Kier alpha value is -1.13. The number of nitrogens with zero attached hydrogens (tertiary/aromatic N) is 1. The summed E-state index contributed by atoms with van der Waals surface area (Å²) < 4.78 is 4.20. The zero-order valence-corrected chi connectivity index (χ0v) is 4.38. The Labute approximate surface area is 45.9 Å². The van der Waals surface area contributed by atoms with Crippen LogP contribution in [0.4, 0.5) is 0 Å². The topological polar surface area (TPSA) is 76.2 Å². The van der Waals surface area contributed by atoms with Gasteiger partial charge < -0.3 is 4.74 Å². The Morgan fingerprint density at radius 1 is 2.00 bits per heavy atom. The van der Waals surface area contributed by atoms with Crippen molar-refractivity contribution in [1.82, 2.24) is 0 Å². The van der Waals surface area contributed by atoms with Gasteiger partial charge >= 0.3 is 0 Å². The van der Waals surface area contributed by atoms with Crippen LogP contribution in [-0.2, 0) is 4.74 Å². The minimum Gasteiger partial charge on any atom is -0.480 e. The van der Waals surface area contributed by atoms with Crippen molar-refractivity contribution in [2.45, 2.75) is 0 Å². The van der Waals surface area contributed by atoms with Crippen LogP contribution in [0.5, 0.6) is 0 Å². The highest BCUT2D eigenvalue weighted by Gasteiger charge is 2.01. The van der Waals surface area contributed by atoms with E-state index in [1.165, 1.54) is 7.11 Å². The molecule has 0 atom stereocenters. The average Bonchev–Trinajstić information content (AvgIpc) is 1.65. The lowest BCUT2D eigenvalue weighted by molar-refractivity contribution is -0.465. The highest BCUT2D eigenvalue weighted by atomic mass is 16.6. The fourth-order valence-electron chi connectivity index (χ4n) is 0.182. The molecule has 5 heteroatoms. The minimum atomic E-state index is -0.619. The standard InChI is InChI=1S/C3H6N2O3/c1-8-3(4)2-5(6)7/h4H,2H2,1H3. The van der Waals surface area contributed by atoms with Crippen LogP contribution in [0.3, 0.4) is 0 Å². The van der Waals surface area contributed by atoms with Crippen molar-refractivity contribution in [2.24, 2.45) is 0 Å². The summed E-state index contributed by atoms with van der Waals surface area (Å²) >= 11 is 0. The third kappa shape index (κ3) is 3.08. The molecule has 0 amide bonds. The first-order valence-corrected chi connectivity index (χ1v) is 1.90. The van der Waals surface area contributed by atoms with E-state index >= 15 is 0 Å². The molecule has 0 saturated carbocycles. The predicted molar refractivity (Wildman–Crippen MR) is 26.6 cm³/mol. The smallest absolute Gasteiger partial charge is 0.277 e. The molecule has 0 spiro atoms. The van der Waals surface area contributed by atoms with Gasteiger partial charge in [0, 0.05) is 4.92 Å². The lowest BCUT2D eigenvalue weighted by atomic mass is 10.7. The predicted octanol–water partition coefficient (Wildman–Crippen LogP) is -0.113. The maximum Gasteiger partial charge on any atom is 0.277 e. The number of methoxy groups -OCH3 is 1. The Morgan fingerprint density at radius 3 is 2.62 bits per heavy atom. The molecule has 0 aliphatic rings. The summed E-state index contributed by atoms with van der Waals surface area (Å²) in [5.41, 5.74) is 0. The van der Waals surface area contributed by atoms with E-state index in [0.717, 1.165) is 0 Å². The van der Waals surface area contributed by atoms with E-state index in [1.54, 1.807) is 0 Å². The zero-order chi connectivity index (χ0) is 6.57. The summed E-state index contributed by atoms with van der Waals surface area (Å²) in [6.07, 6.45) is 0. The molecule has 0 aromatic rings. The normalized spacial score (nSPS) is 8.12. The molecule has 0 saturated heterocycles. The van der Waals surface area contributed by atoms with Crippen LogP contribution in [0.15, 0.2) is 0 Å². The van der Waals surface area contributed by atoms with Gasteiger partial charge in [0.2, 0.25) is 0 Å². The number of hydrogen-bond donors (Lipinski definition) is 1. The van der Waals surface area contributed by atoms with Gasteiger partial charge in [0.1, 0.15) is 0 Å². The van der Waals surface area contributed by atoms with E-state index in [2.05, 4.69) is 4.74 Å². The molecule has 8 heavy (non-hydrogen) atoms. The van der Waals surface area contributed by atoms with E-state index in [4.69, 9.17) is 5.41 Å². The van der Waals surface area contributed by atoms with Crippen LogP contribution in [0, 0.1) is 15.5 Å². The van der Waals surface area contributed by atoms with Crippen molar-refractivity contribution < 1.29 is 9.66 Å². The second-order valence-electron chi connectivity index (χ2n) is 1.12. The summed E-state index contributed by atoms with van der Waals surface area (Å²) in [6.45, 7) is -0.531. The number of ether oxygens (including phenoxy) is 1. The molecule has 46 valence electrons. The van der Waals surface area contributed by atoms with E-state index in [1.807, 2.05) is 0 Å². The molecule has 0 fully saturated rings.